The predicted octanol–water partition coefficient (Wildman–Crippen LogP) is 2.28. The lowest BCUT2D eigenvalue weighted by molar-refractivity contribution is -0.231. The van der Waals surface area contributed by atoms with Crippen molar-refractivity contribution in [2.24, 2.45) is 5.41 Å². The molecule has 11 nitrogen and oxygen atoms in total. The highest BCUT2D eigenvalue weighted by atomic mass is 19.1. The van der Waals surface area contributed by atoms with E-state index in [0.717, 1.165) is 0 Å². The maximum absolute atomic E-state index is 13.6. The summed E-state index contributed by atoms with van der Waals surface area (Å²) in [5.41, 5.74) is 1.49. The number of aliphatic hydroxyl groups excluding tert-OH is 1. The van der Waals surface area contributed by atoms with Crippen molar-refractivity contribution < 1.29 is 28.5 Å². The summed E-state index contributed by atoms with van der Waals surface area (Å²) in [5.74, 6) is 0.248. The fourth-order valence-electron chi connectivity index (χ4n) is 3.75. The molecule has 198 valence electrons. The highest BCUT2D eigenvalue weighted by molar-refractivity contribution is 5.82. The van der Waals surface area contributed by atoms with Gasteiger partial charge in [-0.2, -0.15) is 0 Å². The van der Waals surface area contributed by atoms with Crippen molar-refractivity contribution in [2.75, 3.05) is 51.9 Å². The Morgan fingerprint density at radius 1 is 1.22 bits per heavy atom. The van der Waals surface area contributed by atoms with Crippen molar-refractivity contribution in [3.05, 3.63) is 48.2 Å². The fraction of sp³-hybridized carbons (Fsp3) is 0.440. The minimum absolute atomic E-state index is 0.000327. The number of anilines is 1. The van der Waals surface area contributed by atoms with E-state index in [1.807, 2.05) is 0 Å². The number of aromatic nitrogens is 4. The van der Waals surface area contributed by atoms with Crippen LogP contribution in [-0.4, -0.2) is 77.6 Å². The minimum Gasteiger partial charge on any atom is -0.396 e. The van der Waals surface area contributed by atoms with Gasteiger partial charge in [-0.15, -0.1) is 0 Å². The number of aromatic amines is 1. The van der Waals surface area contributed by atoms with Crippen molar-refractivity contribution >= 4 is 11.9 Å². The summed E-state index contributed by atoms with van der Waals surface area (Å²) >= 11 is 0. The SMILES string of the molecule is COCCNc1nccc(-c2[nH]c(C3OCC(C)(C(=O)NCCCO)CO3)nc2-c2ccc(F)cc2)n1. The van der Waals surface area contributed by atoms with Gasteiger partial charge in [-0.3, -0.25) is 4.79 Å². The number of nitrogens with one attached hydrogen (secondary N) is 3. The first kappa shape index (κ1) is 26.6. The van der Waals surface area contributed by atoms with E-state index >= 15 is 0 Å². The molecule has 0 atom stereocenters. The average Bonchev–Trinajstić information content (AvgIpc) is 3.35. The van der Waals surface area contributed by atoms with Gasteiger partial charge in [-0.05, 0) is 43.7 Å². The Morgan fingerprint density at radius 3 is 2.68 bits per heavy atom. The minimum atomic E-state index is -0.878. The van der Waals surface area contributed by atoms with Crippen LogP contribution in [0.1, 0.15) is 25.5 Å². The third kappa shape index (κ3) is 6.46. The van der Waals surface area contributed by atoms with Crippen molar-refractivity contribution in [1.29, 1.82) is 0 Å². The highest BCUT2D eigenvalue weighted by Crippen LogP contribution is 2.35. The third-order valence-corrected chi connectivity index (χ3v) is 5.84. The normalized spacial score (nSPS) is 19.5. The summed E-state index contributed by atoms with van der Waals surface area (Å²) in [6, 6.07) is 7.73. The second-order valence-electron chi connectivity index (χ2n) is 8.89. The van der Waals surface area contributed by atoms with Crippen molar-refractivity contribution in [3.8, 4) is 22.6 Å². The Labute approximate surface area is 213 Å². The maximum Gasteiger partial charge on any atom is 0.230 e. The zero-order valence-electron chi connectivity index (χ0n) is 20.8. The van der Waals surface area contributed by atoms with Crippen LogP contribution in [0.5, 0.6) is 0 Å². The van der Waals surface area contributed by atoms with E-state index < -0.39 is 11.7 Å². The van der Waals surface area contributed by atoms with Gasteiger partial charge in [0, 0.05) is 38.6 Å². The van der Waals surface area contributed by atoms with E-state index in [0.29, 0.717) is 60.5 Å². The number of hydrogen-bond donors (Lipinski definition) is 4. The van der Waals surface area contributed by atoms with Crippen LogP contribution in [0.2, 0.25) is 0 Å². The monoisotopic (exact) mass is 514 g/mol. The van der Waals surface area contributed by atoms with Crippen molar-refractivity contribution in [3.63, 3.8) is 0 Å². The Kier molecular flexibility index (Phi) is 8.77. The summed E-state index contributed by atoms with van der Waals surface area (Å²) < 4.78 is 30.5. The molecule has 1 amide bonds. The molecule has 37 heavy (non-hydrogen) atoms. The Morgan fingerprint density at radius 2 is 1.97 bits per heavy atom. The molecular formula is C25H31FN6O5. The summed E-state index contributed by atoms with van der Waals surface area (Å²) in [5, 5.41) is 14.8. The van der Waals surface area contributed by atoms with Gasteiger partial charge in [0.25, 0.3) is 0 Å². The first-order chi connectivity index (χ1) is 17.9. The number of rotatable bonds is 11. The van der Waals surface area contributed by atoms with Gasteiger partial charge < -0.3 is 34.9 Å². The zero-order chi connectivity index (χ0) is 26.3. The molecule has 1 fully saturated rings. The number of carbonyl (C=O) groups is 1. The quantitative estimate of drug-likeness (QED) is 0.283. The molecule has 1 aromatic carbocycles. The smallest absolute Gasteiger partial charge is 0.230 e. The molecule has 4 N–H and O–H groups in total. The Balaban J connectivity index is 1.58. The molecule has 0 unspecified atom stereocenters. The Bertz CT molecular complexity index is 1180. The van der Waals surface area contributed by atoms with Crippen molar-refractivity contribution in [2.45, 2.75) is 19.6 Å². The first-order valence-corrected chi connectivity index (χ1v) is 12.0. The van der Waals surface area contributed by atoms with Gasteiger partial charge in [-0.25, -0.2) is 19.3 Å². The van der Waals surface area contributed by atoms with Gasteiger partial charge in [0.2, 0.25) is 18.1 Å². The van der Waals surface area contributed by atoms with E-state index in [2.05, 4.69) is 25.6 Å². The molecule has 2 aromatic heterocycles. The van der Waals surface area contributed by atoms with Gasteiger partial charge in [0.05, 0.1) is 42.3 Å². The molecule has 3 heterocycles. The fourth-order valence-corrected chi connectivity index (χ4v) is 3.75. The van der Waals surface area contributed by atoms with E-state index in [9.17, 15) is 9.18 Å². The molecule has 0 spiro atoms. The lowest BCUT2D eigenvalue weighted by atomic mass is 9.91. The predicted molar refractivity (Wildman–Crippen MR) is 133 cm³/mol. The van der Waals surface area contributed by atoms with Crippen LogP contribution in [0, 0.1) is 11.2 Å². The van der Waals surface area contributed by atoms with Crippen LogP contribution in [-0.2, 0) is 19.0 Å². The number of hydrogen-bond acceptors (Lipinski definition) is 9. The second-order valence-corrected chi connectivity index (χ2v) is 8.89. The van der Waals surface area contributed by atoms with Gasteiger partial charge in [-0.1, -0.05) is 0 Å². The molecule has 4 rings (SSSR count). The number of amides is 1. The number of benzene rings is 1. The number of aliphatic hydroxyl groups is 1. The number of methoxy groups -OCH3 is 1. The summed E-state index contributed by atoms with van der Waals surface area (Å²) in [6.45, 7) is 3.40. The molecule has 0 radical (unpaired) electrons. The molecule has 12 heteroatoms. The number of carbonyl (C=O) groups excluding carboxylic acids is 1. The molecule has 1 saturated heterocycles. The van der Waals surface area contributed by atoms with Gasteiger partial charge in [0.1, 0.15) is 5.82 Å². The van der Waals surface area contributed by atoms with E-state index in [1.54, 1.807) is 38.4 Å². The van der Waals surface area contributed by atoms with Crippen LogP contribution in [0.4, 0.5) is 10.3 Å². The lowest BCUT2D eigenvalue weighted by Crippen LogP contribution is -2.48. The standard InChI is InChI=1S/C25H31FN6O5/c1-25(23(34)27-9-3-12-33)14-36-22(37-15-25)21-31-19(16-4-6-17(26)7-5-16)20(32-21)18-8-10-28-24(30-18)29-11-13-35-2/h4-8,10,22,33H,3,9,11-15H2,1-2H3,(H,27,34)(H,31,32)(H,28,29,30). The number of nitrogens with zero attached hydrogens (tertiary/aromatic N) is 3. The molecular weight excluding hydrogens is 483 g/mol. The van der Waals surface area contributed by atoms with Crippen LogP contribution in [0.3, 0.4) is 0 Å². The zero-order valence-corrected chi connectivity index (χ0v) is 20.8. The summed E-state index contributed by atoms with van der Waals surface area (Å²) in [7, 11) is 1.61. The molecule has 0 saturated carbocycles. The average molecular weight is 515 g/mol. The number of ether oxygens (including phenoxy) is 3. The van der Waals surface area contributed by atoms with Crippen LogP contribution >= 0.6 is 0 Å². The Hall–Kier alpha value is -3.45. The maximum atomic E-state index is 13.6. The van der Waals surface area contributed by atoms with Crippen LogP contribution in [0.25, 0.3) is 22.6 Å². The van der Waals surface area contributed by atoms with E-state index in [4.69, 9.17) is 24.3 Å². The molecule has 0 bridgehead atoms. The summed E-state index contributed by atoms with van der Waals surface area (Å²) in [4.78, 5) is 29.4. The van der Waals surface area contributed by atoms with Crippen LogP contribution < -0.4 is 10.6 Å². The van der Waals surface area contributed by atoms with E-state index in [1.165, 1.54) is 12.1 Å². The molecule has 1 aliphatic heterocycles. The summed E-state index contributed by atoms with van der Waals surface area (Å²) in [6.07, 6.45) is 1.26. The molecule has 0 aliphatic carbocycles. The lowest BCUT2D eigenvalue weighted by Gasteiger charge is -2.35. The van der Waals surface area contributed by atoms with E-state index in [-0.39, 0.29) is 31.5 Å². The second kappa shape index (κ2) is 12.2. The largest absolute Gasteiger partial charge is 0.396 e. The number of halogens is 1. The molecule has 3 aromatic rings. The topological polar surface area (TPSA) is 144 Å². The number of imidazole rings is 1. The van der Waals surface area contributed by atoms with Crippen molar-refractivity contribution in [1.82, 2.24) is 25.3 Å². The highest BCUT2D eigenvalue weighted by Gasteiger charge is 2.40. The number of H-pyrrole nitrogens is 1. The van der Waals surface area contributed by atoms with Gasteiger partial charge in [0.15, 0.2) is 5.82 Å². The van der Waals surface area contributed by atoms with Crippen LogP contribution in [0.15, 0.2) is 36.5 Å². The molecule has 1 aliphatic rings. The van der Waals surface area contributed by atoms with Gasteiger partial charge >= 0.3 is 0 Å². The first-order valence-electron chi connectivity index (χ1n) is 12.0. The third-order valence-electron chi connectivity index (χ3n) is 5.84.